The Labute approximate surface area is 125 Å². The van der Waals surface area contributed by atoms with Crippen molar-refractivity contribution < 1.29 is 0 Å². The second-order valence-electron chi connectivity index (χ2n) is 4.15. The lowest BCUT2D eigenvalue weighted by Crippen LogP contribution is -2.22. The molecule has 0 aliphatic carbocycles. The molecule has 96 valence electrons. The molecule has 1 unspecified atom stereocenters. The van der Waals surface area contributed by atoms with Crippen molar-refractivity contribution in [2.45, 2.75) is 19.4 Å². The number of nitrogens with one attached hydrogen (secondary N) is 1. The van der Waals surface area contributed by atoms with Gasteiger partial charge in [-0.1, -0.05) is 34.5 Å². The molecule has 1 aromatic carbocycles. The van der Waals surface area contributed by atoms with Crippen LogP contribution in [0, 0.1) is 0 Å². The summed E-state index contributed by atoms with van der Waals surface area (Å²) in [4.78, 5) is 0. The first-order valence-electron chi connectivity index (χ1n) is 5.92. The molecule has 2 aromatic rings. The first-order valence-corrected chi connectivity index (χ1v) is 8.03. The molecular weight excluding hydrogens is 330 g/mol. The smallest absolute Gasteiger partial charge is 0.0585 e. The van der Waals surface area contributed by atoms with Crippen LogP contribution in [0.3, 0.4) is 0 Å². The Morgan fingerprint density at radius 3 is 2.78 bits per heavy atom. The number of halogens is 2. The molecule has 18 heavy (non-hydrogen) atoms. The van der Waals surface area contributed by atoms with Crippen LogP contribution in [0.4, 0.5) is 0 Å². The van der Waals surface area contributed by atoms with Gasteiger partial charge in [0.2, 0.25) is 0 Å². The third kappa shape index (κ3) is 3.58. The highest BCUT2D eigenvalue weighted by Crippen LogP contribution is 2.29. The molecule has 1 nitrogen and oxygen atoms in total. The molecule has 1 aromatic heterocycles. The molecule has 0 aliphatic rings. The van der Waals surface area contributed by atoms with Gasteiger partial charge < -0.3 is 5.32 Å². The van der Waals surface area contributed by atoms with Crippen LogP contribution in [0.2, 0.25) is 5.02 Å². The van der Waals surface area contributed by atoms with E-state index in [1.165, 1.54) is 11.1 Å². The summed E-state index contributed by atoms with van der Waals surface area (Å²) < 4.78 is 1.02. The molecule has 0 fully saturated rings. The molecule has 1 N–H and O–H groups in total. The molecule has 0 bridgehead atoms. The average Bonchev–Trinajstić information content (AvgIpc) is 2.82. The zero-order valence-corrected chi connectivity index (χ0v) is 13.3. The van der Waals surface area contributed by atoms with Gasteiger partial charge in [-0.15, -0.1) is 0 Å². The Morgan fingerprint density at radius 2 is 2.17 bits per heavy atom. The van der Waals surface area contributed by atoms with Gasteiger partial charge in [0.25, 0.3) is 0 Å². The van der Waals surface area contributed by atoms with Gasteiger partial charge in [0.05, 0.1) is 6.04 Å². The predicted molar refractivity (Wildman–Crippen MR) is 83.6 cm³/mol. The maximum absolute atomic E-state index is 6.13. The molecule has 0 radical (unpaired) electrons. The largest absolute Gasteiger partial charge is 0.306 e. The normalized spacial score (nSPS) is 12.6. The van der Waals surface area contributed by atoms with E-state index in [0.717, 1.165) is 22.5 Å². The van der Waals surface area contributed by atoms with Crippen molar-refractivity contribution in [2.75, 3.05) is 6.54 Å². The summed E-state index contributed by atoms with van der Waals surface area (Å²) >= 11 is 11.4. The van der Waals surface area contributed by atoms with E-state index in [4.69, 9.17) is 11.6 Å². The quantitative estimate of drug-likeness (QED) is 0.781. The number of benzene rings is 1. The van der Waals surface area contributed by atoms with Crippen LogP contribution in [-0.4, -0.2) is 6.54 Å². The Kier molecular flexibility index (Phi) is 5.25. The van der Waals surface area contributed by atoms with Crippen molar-refractivity contribution in [1.82, 2.24) is 5.32 Å². The Bertz CT molecular complexity index is 478. The highest BCUT2D eigenvalue weighted by atomic mass is 79.9. The van der Waals surface area contributed by atoms with Crippen LogP contribution in [0.1, 0.15) is 30.5 Å². The number of thiophene rings is 1. The molecule has 1 atom stereocenters. The fraction of sp³-hybridized carbons (Fsp3) is 0.286. The van der Waals surface area contributed by atoms with Gasteiger partial charge in [-0.05, 0) is 59.1 Å². The van der Waals surface area contributed by atoms with Crippen LogP contribution in [-0.2, 0) is 0 Å². The van der Waals surface area contributed by atoms with Crippen LogP contribution in [0.5, 0.6) is 0 Å². The maximum atomic E-state index is 6.13. The van der Waals surface area contributed by atoms with E-state index in [0.29, 0.717) is 0 Å². The lowest BCUT2D eigenvalue weighted by molar-refractivity contribution is 0.600. The van der Waals surface area contributed by atoms with Gasteiger partial charge in [-0.25, -0.2) is 0 Å². The van der Waals surface area contributed by atoms with E-state index in [2.05, 4.69) is 51.1 Å². The van der Waals surface area contributed by atoms with Crippen molar-refractivity contribution >= 4 is 38.9 Å². The molecule has 0 amide bonds. The second-order valence-corrected chi connectivity index (χ2v) is 6.28. The van der Waals surface area contributed by atoms with Gasteiger partial charge in [0.1, 0.15) is 0 Å². The molecule has 2 rings (SSSR count). The zero-order chi connectivity index (χ0) is 13.0. The molecule has 0 spiro atoms. The van der Waals surface area contributed by atoms with Gasteiger partial charge in [0, 0.05) is 9.50 Å². The van der Waals surface area contributed by atoms with Crippen LogP contribution in [0.15, 0.2) is 39.5 Å². The summed E-state index contributed by atoms with van der Waals surface area (Å²) in [6.07, 6.45) is 1.11. The molecule has 0 saturated carbocycles. The molecule has 0 aliphatic heterocycles. The lowest BCUT2D eigenvalue weighted by Gasteiger charge is -2.18. The lowest BCUT2D eigenvalue weighted by atomic mass is 10.0. The minimum Gasteiger partial charge on any atom is -0.306 e. The molecule has 4 heteroatoms. The van der Waals surface area contributed by atoms with Crippen molar-refractivity contribution in [2.24, 2.45) is 0 Å². The third-order valence-corrected chi connectivity index (χ3v) is 4.07. The van der Waals surface area contributed by atoms with Gasteiger partial charge in [0.15, 0.2) is 0 Å². The van der Waals surface area contributed by atoms with E-state index in [1.807, 2.05) is 12.1 Å². The van der Waals surface area contributed by atoms with Gasteiger partial charge >= 0.3 is 0 Å². The van der Waals surface area contributed by atoms with Gasteiger partial charge in [-0.3, -0.25) is 0 Å². The summed E-state index contributed by atoms with van der Waals surface area (Å²) in [6.45, 7) is 3.16. The summed E-state index contributed by atoms with van der Waals surface area (Å²) in [5.41, 5.74) is 2.49. The molecule has 0 saturated heterocycles. The third-order valence-electron chi connectivity index (χ3n) is 2.69. The minimum absolute atomic E-state index is 0.214. The van der Waals surface area contributed by atoms with E-state index in [1.54, 1.807) is 11.3 Å². The van der Waals surface area contributed by atoms with Crippen molar-refractivity contribution in [3.05, 3.63) is 55.6 Å². The fourth-order valence-electron chi connectivity index (χ4n) is 1.90. The molecular formula is C14H15BrClNS. The van der Waals surface area contributed by atoms with Crippen LogP contribution >= 0.6 is 38.9 Å². The van der Waals surface area contributed by atoms with E-state index < -0.39 is 0 Å². The number of rotatable bonds is 5. The number of hydrogen-bond donors (Lipinski definition) is 1. The van der Waals surface area contributed by atoms with Gasteiger partial charge in [-0.2, -0.15) is 11.3 Å². The first kappa shape index (κ1) is 14.1. The fourth-order valence-corrected chi connectivity index (χ4v) is 3.47. The highest BCUT2D eigenvalue weighted by molar-refractivity contribution is 9.10. The summed E-state index contributed by atoms with van der Waals surface area (Å²) in [7, 11) is 0. The first-order chi connectivity index (χ1) is 8.70. The summed E-state index contributed by atoms with van der Waals surface area (Å²) in [5.74, 6) is 0. The minimum atomic E-state index is 0.214. The predicted octanol–water partition coefficient (Wildman–Crippen LogP) is 5.25. The van der Waals surface area contributed by atoms with E-state index >= 15 is 0 Å². The Balaban J connectivity index is 2.33. The SMILES string of the molecule is CCCNC(c1ccsc1)c1cc(Cl)cc(Br)c1. The average molecular weight is 345 g/mol. The van der Waals surface area contributed by atoms with Crippen LogP contribution in [0.25, 0.3) is 0 Å². The van der Waals surface area contributed by atoms with E-state index in [-0.39, 0.29) is 6.04 Å². The Hall–Kier alpha value is -0.350. The van der Waals surface area contributed by atoms with Crippen LogP contribution < -0.4 is 5.32 Å². The highest BCUT2D eigenvalue weighted by Gasteiger charge is 2.14. The second kappa shape index (κ2) is 6.71. The van der Waals surface area contributed by atoms with E-state index in [9.17, 15) is 0 Å². The Morgan fingerprint density at radius 1 is 1.33 bits per heavy atom. The standard InChI is InChI=1S/C14H15BrClNS/c1-2-4-17-14(10-3-5-18-9-10)11-6-12(15)8-13(16)7-11/h3,5-9,14,17H,2,4H2,1H3. The van der Waals surface area contributed by atoms with Crippen molar-refractivity contribution in [3.8, 4) is 0 Å². The maximum Gasteiger partial charge on any atom is 0.0585 e. The van der Waals surface area contributed by atoms with Crippen molar-refractivity contribution in [3.63, 3.8) is 0 Å². The van der Waals surface area contributed by atoms with Crippen molar-refractivity contribution in [1.29, 1.82) is 0 Å². The summed E-state index contributed by atoms with van der Waals surface area (Å²) in [6, 6.07) is 8.43. The number of hydrogen-bond acceptors (Lipinski definition) is 2. The zero-order valence-electron chi connectivity index (χ0n) is 10.1. The monoisotopic (exact) mass is 343 g/mol. The topological polar surface area (TPSA) is 12.0 Å². The molecule has 1 heterocycles. The summed E-state index contributed by atoms with van der Waals surface area (Å²) in [5, 5.41) is 8.62.